The highest BCUT2D eigenvalue weighted by Crippen LogP contribution is 2.13. The molecule has 0 saturated carbocycles. The van der Waals surface area contributed by atoms with Crippen molar-refractivity contribution >= 4 is 21.8 Å². The van der Waals surface area contributed by atoms with E-state index < -0.39 is 0 Å². The highest BCUT2D eigenvalue weighted by atomic mass is 79.9. The van der Waals surface area contributed by atoms with Crippen molar-refractivity contribution in [1.29, 1.82) is 0 Å². The molecule has 0 atom stereocenters. The summed E-state index contributed by atoms with van der Waals surface area (Å²) in [5, 5.41) is 7.27. The molecule has 4 nitrogen and oxygen atoms in total. The predicted molar refractivity (Wildman–Crippen MR) is 82.4 cm³/mol. The Hall–Kier alpha value is -1.62. The van der Waals surface area contributed by atoms with Gasteiger partial charge < -0.3 is 5.32 Å². The molecule has 0 fully saturated rings. The number of hydrogen-bond acceptors (Lipinski definition) is 2. The first-order valence-corrected chi connectivity index (χ1v) is 7.27. The first-order chi connectivity index (χ1) is 9.47. The molecule has 2 rings (SSSR count). The molecule has 0 spiro atoms. The number of rotatable bonds is 4. The summed E-state index contributed by atoms with van der Waals surface area (Å²) in [7, 11) is 1.89. The van der Waals surface area contributed by atoms with E-state index >= 15 is 0 Å². The molecular weight excluding hydrogens is 318 g/mol. The summed E-state index contributed by atoms with van der Waals surface area (Å²) in [6, 6.07) is 7.92. The van der Waals surface area contributed by atoms with E-state index in [1.807, 2.05) is 49.8 Å². The maximum Gasteiger partial charge on any atom is 0.224 e. The first-order valence-electron chi connectivity index (χ1n) is 6.47. The van der Waals surface area contributed by atoms with Crippen molar-refractivity contribution in [3.63, 3.8) is 0 Å². The highest BCUT2D eigenvalue weighted by Gasteiger charge is 2.13. The summed E-state index contributed by atoms with van der Waals surface area (Å²) in [6.45, 7) is 4.46. The van der Waals surface area contributed by atoms with Crippen LogP contribution in [0.25, 0.3) is 0 Å². The van der Waals surface area contributed by atoms with E-state index in [-0.39, 0.29) is 5.91 Å². The highest BCUT2D eigenvalue weighted by molar-refractivity contribution is 9.10. The van der Waals surface area contributed by atoms with Gasteiger partial charge in [0.1, 0.15) is 0 Å². The van der Waals surface area contributed by atoms with Crippen molar-refractivity contribution in [2.24, 2.45) is 7.05 Å². The van der Waals surface area contributed by atoms with Crippen LogP contribution in [-0.4, -0.2) is 15.7 Å². The first kappa shape index (κ1) is 14.8. The van der Waals surface area contributed by atoms with Gasteiger partial charge in [-0.2, -0.15) is 5.10 Å². The molecule has 0 aliphatic rings. The van der Waals surface area contributed by atoms with Crippen molar-refractivity contribution in [1.82, 2.24) is 15.1 Å². The van der Waals surface area contributed by atoms with Gasteiger partial charge in [-0.05, 0) is 31.5 Å². The molecule has 1 aromatic carbocycles. The van der Waals surface area contributed by atoms with Crippen LogP contribution in [0.2, 0.25) is 0 Å². The maximum atomic E-state index is 12.0. The number of carbonyl (C=O) groups excluding carboxylic acids is 1. The third-order valence-corrected chi connectivity index (χ3v) is 3.87. The van der Waals surface area contributed by atoms with Gasteiger partial charge in [-0.3, -0.25) is 9.48 Å². The minimum absolute atomic E-state index is 0.0178. The van der Waals surface area contributed by atoms with Crippen LogP contribution < -0.4 is 5.32 Å². The second-order valence-electron chi connectivity index (χ2n) is 4.86. The number of carbonyl (C=O) groups is 1. The smallest absolute Gasteiger partial charge is 0.224 e. The fraction of sp³-hybridized carbons (Fsp3) is 0.333. The normalized spacial score (nSPS) is 10.6. The number of aryl methyl sites for hydroxylation is 2. The number of aromatic nitrogens is 2. The Morgan fingerprint density at radius 1 is 1.40 bits per heavy atom. The van der Waals surface area contributed by atoms with Crippen LogP contribution in [0.15, 0.2) is 28.7 Å². The Labute approximate surface area is 127 Å². The molecule has 2 aromatic rings. The van der Waals surface area contributed by atoms with Crippen molar-refractivity contribution < 1.29 is 4.79 Å². The molecule has 1 aromatic heterocycles. The summed E-state index contributed by atoms with van der Waals surface area (Å²) in [6.07, 6.45) is 0.375. The zero-order valence-electron chi connectivity index (χ0n) is 11.9. The van der Waals surface area contributed by atoms with Crippen LogP contribution in [0, 0.1) is 13.8 Å². The van der Waals surface area contributed by atoms with E-state index in [0.717, 1.165) is 27.0 Å². The van der Waals surface area contributed by atoms with E-state index in [4.69, 9.17) is 0 Å². The monoisotopic (exact) mass is 335 g/mol. The van der Waals surface area contributed by atoms with Crippen LogP contribution in [0.1, 0.15) is 22.5 Å². The standard InChI is InChI=1S/C15H18BrN3O/c1-10-14(11(2)19(3)18-10)8-15(20)17-9-12-5-4-6-13(16)7-12/h4-7H,8-9H2,1-3H3,(H,17,20). The van der Waals surface area contributed by atoms with Gasteiger partial charge in [-0.15, -0.1) is 0 Å². The molecule has 0 saturated heterocycles. The fourth-order valence-electron chi connectivity index (χ4n) is 2.14. The lowest BCUT2D eigenvalue weighted by Gasteiger charge is -2.06. The summed E-state index contributed by atoms with van der Waals surface area (Å²) < 4.78 is 2.83. The Kier molecular flexibility index (Phi) is 4.60. The van der Waals surface area contributed by atoms with Crippen molar-refractivity contribution in [3.8, 4) is 0 Å². The van der Waals surface area contributed by atoms with Crippen molar-refractivity contribution in [2.75, 3.05) is 0 Å². The molecule has 1 heterocycles. The zero-order valence-corrected chi connectivity index (χ0v) is 13.5. The van der Waals surface area contributed by atoms with Gasteiger partial charge in [0.2, 0.25) is 5.91 Å². The number of hydrogen-bond donors (Lipinski definition) is 1. The molecule has 0 aliphatic heterocycles. The quantitative estimate of drug-likeness (QED) is 0.933. The van der Waals surface area contributed by atoms with Crippen molar-refractivity contribution in [2.45, 2.75) is 26.8 Å². The third-order valence-electron chi connectivity index (χ3n) is 3.37. The second kappa shape index (κ2) is 6.22. The molecular formula is C15H18BrN3O. The average molecular weight is 336 g/mol. The van der Waals surface area contributed by atoms with E-state index in [0.29, 0.717) is 13.0 Å². The molecule has 0 unspecified atom stereocenters. The minimum atomic E-state index is 0.0178. The van der Waals surface area contributed by atoms with Gasteiger partial charge in [0.25, 0.3) is 0 Å². The van der Waals surface area contributed by atoms with Crippen LogP contribution in [0.4, 0.5) is 0 Å². The summed E-state index contributed by atoms with van der Waals surface area (Å²) in [5.74, 6) is 0.0178. The van der Waals surface area contributed by atoms with Crippen LogP contribution in [0.5, 0.6) is 0 Å². The van der Waals surface area contributed by atoms with Crippen LogP contribution >= 0.6 is 15.9 Å². The lowest BCUT2D eigenvalue weighted by molar-refractivity contribution is -0.120. The lowest BCUT2D eigenvalue weighted by atomic mass is 10.1. The van der Waals surface area contributed by atoms with Gasteiger partial charge in [0, 0.05) is 29.3 Å². The number of benzene rings is 1. The van der Waals surface area contributed by atoms with Crippen LogP contribution in [-0.2, 0) is 24.8 Å². The van der Waals surface area contributed by atoms with Gasteiger partial charge in [0.15, 0.2) is 0 Å². The van der Waals surface area contributed by atoms with Gasteiger partial charge in [-0.25, -0.2) is 0 Å². The molecule has 106 valence electrons. The van der Waals surface area contributed by atoms with Crippen LogP contribution in [0.3, 0.4) is 0 Å². The van der Waals surface area contributed by atoms with E-state index in [1.54, 1.807) is 0 Å². The van der Waals surface area contributed by atoms with E-state index in [9.17, 15) is 4.79 Å². The third kappa shape index (κ3) is 3.48. The lowest BCUT2D eigenvalue weighted by Crippen LogP contribution is -2.25. The molecule has 20 heavy (non-hydrogen) atoms. The summed E-state index contributed by atoms with van der Waals surface area (Å²) in [4.78, 5) is 12.0. The maximum absolute atomic E-state index is 12.0. The molecule has 0 bridgehead atoms. The zero-order chi connectivity index (χ0) is 14.7. The van der Waals surface area contributed by atoms with E-state index in [1.165, 1.54) is 0 Å². The number of nitrogens with zero attached hydrogens (tertiary/aromatic N) is 2. The topological polar surface area (TPSA) is 46.9 Å². The molecule has 1 N–H and O–H groups in total. The Morgan fingerprint density at radius 2 is 2.15 bits per heavy atom. The Morgan fingerprint density at radius 3 is 2.75 bits per heavy atom. The van der Waals surface area contributed by atoms with Crippen molar-refractivity contribution in [3.05, 3.63) is 51.3 Å². The Balaban J connectivity index is 1.96. The Bertz CT molecular complexity index is 634. The number of halogens is 1. The largest absolute Gasteiger partial charge is 0.352 e. The SMILES string of the molecule is Cc1nn(C)c(C)c1CC(=O)NCc1cccc(Br)c1. The van der Waals surface area contributed by atoms with Gasteiger partial charge in [-0.1, -0.05) is 28.1 Å². The van der Waals surface area contributed by atoms with Gasteiger partial charge in [0.05, 0.1) is 12.1 Å². The number of amides is 1. The fourth-order valence-corrected chi connectivity index (χ4v) is 2.59. The molecule has 0 radical (unpaired) electrons. The van der Waals surface area contributed by atoms with E-state index in [2.05, 4.69) is 26.3 Å². The predicted octanol–water partition coefficient (Wildman–Crippen LogP) is 2.66. The minimum Gasteiger partial charge on any atom is -0.352 e. The molecule has 1 amide bonds. The molecule has 5 heteroatoms. The van der Waals surface area contributed by atoms with Gasteiger partial charge >= 0.3 is 0 Å². The average Bonchev–Trinajstić information content (AvgIpc) is 2.63. The molecule has 0 aliphatic carbocycles. The summed E-state index contributed by atoms with van der Waals surface area (Å²) >= 11 is 3.42. The number of nitrogens with one attached hydrogen (secondary N) is 1. The second-order valence-corrected chi connectivity index (χ2v) is 5.77. The summed E-state index contributed by atoms with van der Waals surface area (Å²) in [5.41, 5.74) is 4.05.